The lowest BCUT2D eigenvalue weighted by Gasteiger charge is -2.38. The number of ether oxygens (including phenoxy) is 2. The van der Waals surface area contributed by atoms with Crippen molar-refractivity contribution in [1.29, 1.82) is 0 Å². The molecule has 2 rings (SSSR count). The van der Waals surface area contributed by atoms with E-state index in [-0.39, 0.29) is 18.1 Å². The maximum absolute atomic E-state index is 11.8. The van der Waals surface area contributed by atoms with Crippen LogP contribution in [0.4, 0.5) is 16.2 Å². The molecule has 1 aromatic rings. The summed E-state index contributed by atoms with van der Waals surface area (Å²) >= 11 is 0. The van der Waals surface area contributed by atoms with Crippen LogP contribution in [0.15, 0.2) is 24.3 Å². The minimum Gasteiger partial charge on any atom is -0.453 e. The lowest BCUT2D eigenvalue weighted by molar-refractivity contribution is -0.130. The van der Waals surface area contributed by atoms with E-state index in [0.717, 1.165) is 13.1 Å². The van der Waals surface area contributed by atoms with Crippen molar-refractivity contribution in [2.45, 2.75) is 12.5 Å². The van der Waals surface area contributed by atoms with Crippen molar-refractivity contribution in [2.24, 2.45) is 0 Å². The summed E-state index contributed by atoms with van der Waals surface area (Å²) in [6.07, 6.45) is -0.563. The van der Waals surface area contributed by atoms with Crippen LogP contribution in [0, 0.1) is 0 Å². The van der Waals surface area contributed by atoms with Gasteiger partial charge in [-0.05, 0) is 25.1 Å². The Kier molecular flexibility index (Phi) is 4.77. The second-order valence-corrected chi connectivity index (χ2v) is 5.09. The fraction of sp³-hybridized carbons (Fsp3) is 0.429. The van der Waals surface area contributed by atoms with Crippen molar-refractivity contribution in [3.63, 3.8) is 0 Å². The van der Waals surface area contributed by atoms with Crippen molar-refractivity contribution >= 4 is 23.4 Å². The molecule has 1 aliphatic rings. The van der Waals surface area contributed by atoms with Crippen LogP contribution in [-0.4, -0.2) is 44.4 Å². The third-order valence-corrected chi connectivity index (χ3v) is 3.13. The highest BCUT2D eigenvalue weighted by molar-refractivity contribution is 5.93. The van der Waals surface area contributed by atoms with Gasteiger partial charge < -0.3 is 20.1 Å². The van der Waals surface area contributed by atoms with E-state index in [0.29, 0.717) is 11.4 Å². The summed E-state index contributed by atoms with van der Waals surface area (Å²) in [6.45, 7) is 3.45. The third-order valence-electron chi connectivity index (χ3n) is 3.13. The molecule has 114 valence electrons. The number of amides is 2. The summed E-state index contributed by atoms with van der Waals surface area (Å²) in [5.41, 5.74) is 0.858. The van der Waals surface area contributed by atoms with E-state index in [2.05, 4.69) is 20.7 Å². The Morgan fingerprint density at radius 2 is 1.95 bits per heavy atom. The van der Waals surface area contributed by atoms with Crippen LogP contribution in [0.1, 0.15) is 6.92 Å². The molecule has 1 heterocycles. The van der Waals surface area contributed by atoms with Crippen molar-refractivity contribution in [3.8, 4) is 0 Å². The molecular formula is C14H19N3O4. The van der Waals surface area contributed by atoms with Gasteiger partial charge in [0.2, 0.25) is 5.91 Å². The molecule has 7 heteroatoms. The first-order valence-electron chi connectivity index (χ1n) is 6.60. The second-order valence-electron chi connectivity index (χ2n) is 5.09. The van der Waals surface area contributed by atoms with Gasteiger partial charge in [-0.1, -0.05) is 6.07 Å². The molecule has 1 aliphatic heterocycles. The average molecular weight is 293 g/mol. The number of nitrogens with one attached hydrogen (secondary N) is 3. The van der Waals surface area contributed by atoms with Gasteiger partial charge in [0.1, 0.15) is 6.61 Å². The van der Waals surface area contributed by atoms with Crippen LogP contribution in [-0.2, 0) is 14.3 Å². The number of anilines is 2. The van der Waals surface area contributed by atoms with Gasteiger partial charge in [-0.25, -0.2) is 4.79 Å². The molecule has 1 aromatic carbocycles. The molecule has 7 nitrogen and oxygen atoms in total. The first-order chi connectivity index (χ1) is 10.0. The van der Waals surface area contributed by atoms with Gasteiger partial charge in [-0.2, -0.15) is 0 Å². The first-order valence-corrected chi connectivity index (χ1v) is 6.60. The van der Waals surface area contributed by atoms with Crippen LogP contribution < -0.4 is 16.0 Å². The molecular weight excluding hydrogens is 274 g/mol. The van der Waals surface area contributed by atoms with E-state index in [4.69, 9.17) is 4.74 Å². The molecule has 0 saturated carbocycles. The quantitative estimate of drug-likeness (QED) is 0.758. The molecule has 1 fully saturated rings. The van der Waals surface area contributed by atoms with Crippen molar-refractivity contribution in [3.05, 3.63) is 24.3 Å². The summed E-state index contributed by atoms with van der Waals surface area (Å²) in [5, 5.41) is 8.34. The van der Waals surface area contributed by atoms with Gasteiger partial charge in [0, 0.05) is 24.5 Å². The Morgan fingerprint density at radius 1 is 1.29 bits per heavy atom. The van der Waals surface area contributed by atoms with Gasteiger partial charge in [-0.15, -0.1) is 0 Å². The van der Waals surface area contributed by atoms with Crippen LogP contribution >= 0.6 is 0 Å². The van der Waals surface area contributed by atoms with Gasteiger partial charge in [-0.3, -0.25) is 10.1 Å². The zero-order valence-electron chi connectivity index (χ0n) is 12.1. The fourth-order valence-corrected chi connectivity index (χ4v) is 1.86. The number of methoxy groups -OCH3 is 1. The molecule has 0 spiro atoms. The molecule has 21 heavy (non-hydrogen) atoms. The van der Waals surface area contributed by atoms with Gasteiger partial charge in [0.05, 0.1) is 12.7 Å². The number of carbonyl (C=O) groups excluding carboxylic acids is 2. The SMILES string of the molecule is COC(=O)Nc1cccc(NC(=O)COC2(C)CNC2)c1. The van der Waals surface area contributed by atoms with Crippen LogP contribution in [0.5, 0.6) is 0 Å². The first kappa shape index (κ1) is 15.3. The Labute approximate surface area is 123 Å². The minimum atomic E-state index is -0.563. The Bertz CT molecular complexity index is 529. The molecule has 2 amide bonds. The lowest BCUT2D eigenvalue weighted by atomic mass is 10.0. The van der Waals surface area contributed by atoms with Gasteiger partial charge >= 0.3 is 6.09 Å². The van der Waals surface area contributed by atoms with E-state index < -0.39 is 6.09 Å². The highest BCUT2D eigenvalue weighted by Gasteiger charge is 2.32. The van der Waals surface area contributed by atoms with Crippen molar-refractivity contribution in [2.75, 3.05) is 37.4 Å². The maximum atomic E-state index is 11.8. The van der Waals surface area contributed by atoms with Gasteiger partial charge in [0.25, 0.3) is 0 Å². The van der Waals surface area contributed by atoms with E-state index >= 15 is 0 Å². The fourth-order valence-electron chi connectivity index (χ4n) is 1.86. The predicted molar refractivity (Wildman–Crippen MR) is 78.3 cm³/mol. The van der Waals surface area contributed by atoms with Crippen LogP contribution in [0.25, 0.3) is 0 Å². The number of hydrogen-bond acceptors (Lipinski definition) is 5. The van der Waals surface area contributed by atoms with Crippen molar-refractivity contribution in [1.82, 2.24) is 5.32 Å². The third kappa shape index (κ3) is 4.44. The number of carbonyl (C=O) groups is 2. The smallest absolute Gasteiger partial charge is 0.411 e. The summed E-state index contributed by atoms with van der Waals surface area (Å²) < 4.78 is 10.1. The van der Waals surface area contributed by atoms with E-state index in [1.165, 1.54) is 7.11 Å². The Morgan fingerprint density at radius 3 is 2.52 bits per heavy atom. The molecule has 3 N–H and O–H groups in total. The zero-order chi connectivity index (χ0) is 15.3. The molecule has 0 atom stereocenters. The summed E-state index contributed by atoms with van der Waals surface area (Å²) in [5.74, 6) is -0.238. The largest absolute Gasteiger partial charge is 0.453 e. The minimum absolute atomic E-state index is 0.00711. The highest BCUT2D eigenvalue weighted by atomic mass is 16.5. The number of benzene rings is 1. The highest BCUT2D eigenvalue weighted by Crippen LogP contribution is 2.17. The molecule has 0 aliphatic carbocycles. The van der Waals surface area contributed by atoms with E-state index in [1.807, 2.05) is 6.92 Å². The predicted octanol–water partition coefficient (Wildman–Crippen LogP) is 1.18. The zero-order valence-corrected chi connectivity index (χ0v) is 12.1. The standard InChI is InChI=1S/C14H19N3O4/c1-14(8-15-9-14)21-7-12(18)16-10-4-3-5-11(6-10)17-13(19)20-2/h3-6,15H,7-9H2,1-2H3,(H,16,18)(H,17,19). The average Bonchev–Trinajstić information content (AvgIpc) is 2.43. The molecule has 1 saturated heterocycles. The molecule has 0 unspecified atom stereocenters. The topological polar surface area (TPSA) is 88.7 Å². The Hall–Kier alpha value is -2.12. The molecule has 0 bridgehead atoms. The lowest BCUT2D eigenvalue weighted by Crippen LogP contribution is -2.59. The van der Waals surface area contributed by atoms with E-state index in [1.54, 1.807) is 24.3 Å². The normalized spacial score (nSPS) is 15.7. The van der Waals surface area contributed by atoms with Crippen LogP contribution in [0.2, 0.25) is 0 Å². The maximum Gasteiger partial charge on any atom is 0.411 e. The second kappa shape index (κ2) is 6.55. The van der Waals surface area contributed by atoms with Crippen LogP contribution in [0.3, 0.4) is 0 Å². The number of hydrogen-bond donors (Lipinski definition) is 3. The molecule has 0 aromatic heterocycles. The molecule has 0 radical (unpaired) electrons. The number of rotatable bonds is 5. The van der Waals surface area contributed by atoms with Gasteiger partial charge in [0.15, 0.2) is 0 Å². The summed E-state index contributed by atoms with van der Waals surface area (Å²) in [7, 11) is 1.29. The van der Waals surface area contributed by atoms with E-state index in [9.17, 15) is 9.59 Å². The monoisotopic (exact) mass is 293 g/mol. The Balaban J connectivity index is 1.85. The summed E-state index contributed by atoms with van der Waals surface area (Å²) in [4.78, 5) is 22.9. The van der Waals surface area contributed by atoms with Crippen molar-refractivity contribution < 1.29 is 19.1 Å². The summed E-state index contributed by atoms with van der Waals surface area (Å²) in [6, 6.07) is 6.79.